The molecule has 2 aromatic carbocycles. The van der Waals surface area contributed by atoms with Gasteiger partial charge in [0.15, 0.2) is 17.1 Å². The molecule has 7 heteroatoms. The molecule has 1 aromatic heterocycles. The molecular formula is C24H27N3O4. The van der Waals surface area contributed by atoms with Crippen molar-refractivity contribution < 1.29 is 18.7 Å². The Morgan fingerprint density at radius 2 is 1.94 bits per heavy atom. The van der Waals surface area contributed by atoms with E-state index in [9.17, 15) is 4.79 Å². The third kappa shape index (κ3) is 3.38. The predicted molar refractivity (Wildman–Crippen MR) is 117 cm³/mol. The number of rotatable bonds is 5. The zero-order valence-corrected chi connectivity index (χ0v) is 18.0. The van der Waals surface area contributed by atoms with Crippen molar-refractivity contribution >= 4 is 23.0 Å². The van der Waals surface area contributed by atoms with Crippen LogP contribution in [0.1, 0.15) is 24.8 Å². The second kappa shape index (κ2) is 7.80. The molecule has 31 heavy (non-hydrogen) atoms. The van der Waals surface area contributed by atoms with Gasteiger partial charge < -0.3 is 23.7 Å². The Labute approximate surface area is 181 Å². The number of hydrogen-bond acceptors (Lipinski definition) is 6. The summed E-state index contributed by atoms with van der Waals surface area (Å²) in [7, 11) is 3.26. The fraction of sp³-hybridized carbons (Fsp3) is 0.417. The molecule has 7 nitrogen and oxygen atoms in total. The van der Waals surface area contributed by atoms with Crippen LogP contribution in [0.15, 0.2) is 46.9 Å². The van der Waals surface area contributed by atoms with E-state index < -0.39 is 0 Å². The molecule has 5 rings (SSSR count). The smallest absolute Gasteiger partial charge is 0.298 e. The Hall–Kier alpha value is -3.22. The highest BCUT2D eigenvalue weighted by molar-refractivity contribution is 5.85. The minimum Gasteiger partial charge on any atom is -0.493 e. The number of benzene rings is 2. The number of aromatic nitrogens is 1. The second-order valence-electron chi connectivity index (χ2n) is 8.40. The predicted octanol–water partition coefficient (Wildman–Crippen LogP) is 3.86. The lowest BCUT2D eigenvalue weighted by molar-refractivity contribution is -0.145. The average Bonchev–Trinajstić information content (AvgIpc) is 3.42. The van der Waals surface area contributed by atoms with E-state index in [1.807, 2.05) is 47.4 Å². The Kier molecular flexibility index (Phi) is 4.96. The molecule has 1 amide bonds. The Morgan fingerprint density at radius 3 is 2.74 bits per heavy atom. The first kappa shape index (κ1) is 19.7. The van der Waals surface area contributed by atoms with E-state index in [4.69, 9.17) is 13.9 Å². The van der Waals surface area contributed by atoms with Crippen LogP contribution < -0.4 is 14.4 Å². The molecule has 2 aliphatic heterocycles. The number of fused-ring (bicyclic) bond motifs is 1. The Morgan fingerprint density at radius 1 is 1.06 bits per heavy atom. The number of piperidine rings is 1. The van der Waals surface area contributed by atoms with Crippen LogP contribution in [0, 0.1) is 5.41 Å². The summed E-state index contributed by atoms with van der Waals surface area (Å²) in [6, 6.07) is 14.2. The molecule has 0 N–H and O–H groups in total. The molecular weight excluding hydrogens is 394 g/mol. The van der Waals surface area contributed by atoms with Gasteiger partial charge in [0.25, 0.3) is 6.01 Å². The molecule has 0 saturated carbocycles. The highest BCUT2D eigenvalue weighted by Crippen LogP contribution is 2.43. The van der Waals surface area contributed by atoms with Gasteiger partial charge in [0.05, 0.1) is 19.6 Å². The molecule has 3 heterocycles. The lowest BCUT2D eigenvalue weighted by Crippen LogP contribution is -2.49. The van der Waals surface area contributed by atoms with E-state index in [0.29, 0.717) is 30.6 Å². The van der Waals surface area contributed by atoms with E-state index in [0.717, 1.165) is 49.0 Å². The summed E-state index contributed by atoms with van der Waals surface area (Å²) in [6.07, 6.45) is 2.70. The van der Waals surface area contributed by atoms with E-state index >= 15 is 0 Å². The first-order valence-corrected chi connectivity index (χ1v) is 10.7. The lowest BCUT2D eigenvalue weighted by atomic mass is 9.78. The van der Waals surface area contributed by atoms with Crippen LogP contribution in [-0.2, 0) is 11.3 Å². The van der Waals surface area contributed by atoms with Crippen molar-refractivity contribution in [2.24, 2.45) is 5.41 Å². The van der Waals surface area contributed by atoms with Crippen LogP contribution in [0.4, 0.5) is 6.01 Å². The maximum atomic E-state index is 13.6. The Bertz CT molecular complexity index is 1080. The summed E-state index contributed by atoms with van der Waals surface area (Å²) in [6.45, 7) is 2.69. The van der Waals surface area contributed by atoms with Crippen molar-refractivity contribution in [3.8, 4) is 11.5 Å². The largest absolute Gasteiger partial charge is 0.493 e. The zero-order chi connectivity index (χ0) is 21.4. The van der Waals surface area contributed by atoms with Crippen molar-refractivity contribution in [2.75, 3.05) is 38.8 Å². The quantitative estimate of drug-likeness (QED) is 0.623. The number of likely N-dealkylation sites (tertiary alicyclic amines) is 1. The van der Waals surface area contributed by atoms with Crippen LogP contribution in [-0.4, -0.2) is 49.6 Å². The molecule has 2 fully saturated rings. The number of ether oxygens (including phenoxy) is 2. The average molecular weight is 421 g/mol. The molecule has 0 unspecified atom stereocenters. The maximum Gasteiger partial charge on any atom is 0.298 e. The van der Waals surface area contributed by atoms with Crippen molar-refractivity contribution in [1.29, 1.82) is 0 Å². The second-order valence-corrected chi connectivity index (χ2v) is 8.40. The van der Waals surface area contributed by atoms with Crippen LogP contribution in [0.25, 0.3) is 11.1 Å². The maximum absolute atomic E-state index is 13.6. The number of carbonyl (C=O) groups is 1. The first-order chi connectivity index (χ1) is 15.1. The highest BCUT2D eigenvalue weighted by atomic mass is 16.5. The first-order valence-electron chi connectivity index (χ1n) is 10.7. The van der Waals surface area contributed by atoms with Gasteiger partial charge in [-0.3, -0.25) is 4.79 Å². The van der Waals surface area contributed by atoms with E-state index in [1.165, 1.54) is 0 Å². The number of hydrogen-bond donors (Lipinski definition) is 0. The summed E-state index contributed by atoms with van der Waals surface area (Å²) >= 11 is 0. The van der Waals surface area contributed by atoms with Gasteiger partial charge in [-0.2, -0.15) is 4.98 Å². The van der Waals surface area contributed by atoms with Gasteiger partial charge in [-0.05, 0) is 37.5 Å². The molecule has 3 aromatic rings. The summed E-state index contributed by atoms with van der Waals surface area (Å²) < 4.78 is 17.0. The van der Waals surface area contributed by atoms with Crippen molar-refractivity contribution in [3.05, 3.63) is 48.0 Å². The third-order valence-corrected chi connectivity index (χ3v) is 6.58. The number of anilines is 1. The van der Waals surface area contributed by atoms with Crippen molar-refractivity contribution in [3.63, 3.8) is 0 Å². The molecule has 0 aliphatic carbocycles. The monoisotopic (exact) mass is 421 g/mol. The van der Waals surface area contributed by atoms with E-state index in [2.05, 4.69) is 9.88 Å². The molecule has 1 spiro atoms. The fourth-order valence-electron chi connectivity index (χ4n) is 5.00. The van der Waals surface area contributed by atoms with Crippen molar-refractivity contribution in [2.45, 2.75) is 25.8 Å². The number of para-hydroxylation sites is 3. The highest BCUT2D eigenvalue weighted by Gasteiger charge is 2.49. The molecule has 1 atom stereocenters. The topological polar surface area (TPSA) is 68.0 Å². The number of amides is 1. The normalized spacial score (nSPS) is 21.3. The van der Waals surface area contributed by atoms with Gasteiger partial charge >= 0.3 is 0 Å². The standard InChI is InChI=1S/C24H27N3O4/c1-29-20-10-5-7-17(21(20)30-2)15-26-13-6-11-24(22(26)28)12-14-27(16-24)23-25-18-8-3-4-9-19(18)31-23/h3-5,7-10H,6,11-16H2,1-2H3/t24-/m0/s1. The zero-order valence-electron chi connectivity index (χ0n) is 18.0. The number of nitrogens with zero attached hydrogens (tertiary/aromatic N) is 3. The summed E-state index contributed by atoms with van der Waals surface area (Å²) in [5, 5.41) is 0. The molecule has 2 aliphatic rings. The third-order valence-electron chi connectivity index (χ3n) is 6.58. The minimum absolute atomic E-state index is 0.210. The molecule has 0 radical (unpaired) electrons. The van der Waals surface area contributed by atoms with Crippen molar-refractivity contribution in [1.82, 2.24) is 9.88 Å². The lowest BCUT2D eigenvalue weighted by Gasteiger charge is -2.39. The number of methoxy groups -OCH3 is 2. The van der Waals surface area contributed by atoms with Crippen LogP contribution in [0.3, 0.4) is 0 Å². The van der Waals surface area contributed by atoms with E-state index in [-0.39, 0.29) is 11.3 Å². The fourth-order valence-corrected chi connectivity index (χ4v) is 5.00. The summed E-state index contributed by atoms with van der Waals surface area (Å²) in [4.78, 5) is 22.4. The van der Waals surface area contributed by atoms with Gasteiger partial charge in [0.2, 0.25) is 5.91 Å². The van der Waals surface area contributed by atoms with Gasteiger partial charge in [-0.25, -0.2) is 0 Å². The van der Waals surface area contributed by atoms with Gasteiger partial charge in [-0.15, -0.1) is 0 Å². The van der Waals surface area contributed by atoms with Gasteiger partial charge in [0, 0.05) is 31.7 Å². The van der Waals surface area contributed by atoms with Crippen LogP contribution in [0.2, 0.25) is 0 Å². The van der Waals surface area contributed by atoms with Gasteiger partial charge in [0.1, 0.15) is 5.52 Å². The molecule has 2 saturated heterocycles. The molecule has 162 valence electrons. The molecule has 0 bridgehead atoms. The Balaban J connectivity index is 1.36. The minimum atomic E-state index is -0.384. The van der Waals surface area contributed by atoms with Gasteiger partial charge in [-0.1, -0.05) is 24.3 Å². The summed E-state index contributed by atoms with van der Waals surface area (Å²) in [5.74, 6) is 1.58. The van der Waals surface area contributed by atoms with Crippen LogP contribution in [0.5, 0.6) is 11.5 Å². The number of oxazole rings is 1. The SMILES string of the molecule is COc1cccc(CN2CCC[C@@]3(CCN(c4nc5ccccc5o4)C3)C2=O)c1OC. The van der Waals surface area contributed by atoms with Crippen LogP contribution >= 0.6 is 0 Å². The summed E-state index contributed by atoms with van der Waals surface area (Å²) in [5.41, 5.74) is 2.20. The number of carbonyl (C=O) groups excluding carboxylic acids is 1. The van der Waals surface area contributed by atoms with E-state index in [1.54, 1.807) is 14.2 Å².